The zero-order valence-corrected chi connectivity index (χ0v) is 23.6. The average molecular weight is 524 g/mol. The van der Waals surface area contributed by atoms with Crippen molar-refractivity contribution in [2.45, 2.75) is 97.1 Å². The molecule has 208 valence electrons. The molecule has 1 aromatic heterocycles. The number of piperidine rings is 1. The Kier molecular flexibility index (Phi) is 8.99. The maximum absolute atomic E-state index is 13.4. The molecule has 1 saturated carbocycles. The summed E-state index contributed by atoms with van der Waals surface area (Å²) in [6.07, 6.45) is 10.3. The maximum atomic E-state index is 13.4. The molecule has 2 fully saturated rings. The number of carbonyl (C=O) groups excluding carboxylic acids is 2. The molecule has 7 heteroatoms. The second kappa shape index (κ2) is 12.0. The Hall–Kier alpha value is -2.64. The van der Waals surface area contributed by atoms with Crippen LogP contribution in [-0.2, 0) is 4.79 Å². The normalized spacial score (nSPS) is 18.8. The van der Waals surface area contributed by atoms with Gasteiger partial charge in [0.2, 0.25) is 5.91 Å². The molecule has 0 atom stereocenters. The fourth-order valence-electron chi connectivity index (χ4n) is 6.10. The summed E-state index contributed by atoms with van der Waals surface area (Å²) in [6.45, 7) is 10.4. The number of carbonyl (C=O) groups is 2. The Morgan fingerprint density at radius 3 is 2.29 bits per heavy atom. The lowest BCUT2D eigenvalue weighted by Gasteiger charge is -2.42. The first-order chi connectivity index (χ1) is 18.1. The Bertz CT molecular complexity index is 1040. The Morgan fingerprint density at radius 1 is 1.05 bits per heavy atom. The van der Waals surface area contributed by atoms with Crippen LogP contribution in [0.25, 0.3) is 0 Å². The molecule has 1 aliphatic carbocycles. The summed E-state index contributed by atoms with van der Waals surface area (Å²) in [7, 11) is 0. The summed E-state index contributed by atoms with van der Waals surface area (Å²) >= 11 is 0. The van der Waals surface area contributed by atoms with Gasteiger partial charge in [0.1, 0.15) is 0 Å². The van der Waals surface area contributed by atoms with Gasteiger partial charge in [-0.3, -0.25) is 14.8 Å². The number of benzene rings is 1. The topological polar surface area (TPSA) is 77.2 Å². The molecule has 0 unspecified atom stereocenters. The van der Waals surface area contributed by atoms with Gasteiger partial charge in [0.15, 0.2) is 5.76 Å². The number of aryl methyl sites for hydroxylation is 1. The standard InChI is InChI=1S/C31H45N3O4/c1-24-10-12-25(13-11-24)33(29(36)27-9-8-22-38-27)26-14-19-32(20-15-26)21-18-31(16-6-5-7-17-31)23-28(35)34(37)30(2,3)4/h8-13,22,26,37H,5-7,14-21,23H2,1-4H3. The average Bonchev–Trinajstić information content (AvgIpc) is 3.44. The summed E-state index contributed by atoms with van der Waals surface area (Å²) in [5.41, 5.74) is 1.44. The molecule has 4 rings (SSSR count). The third kappa shape index (κ3) is 6.86. The van der Waals surface area contributed by atoms with Crippen molar-refractivity contribution in [3.8, 4) is 0 Å². The van der Waals surface area contributed by atoms with Crippen LogP contribution in [0.5, 0.6) is 0 Å². The van der Waals surface area contributed by atoms with Gasteiger partial charge in [-0.15, -0.1) is 0 Å². The van der Waals surface area contributed by atoms with Gasteiger partial charge in [-0.25, -0.2) is 5.06 Å². The summed E-state index contributed by atoms with van der Waals surface area (Å²) in [5.74, 6) is 0.109. The van der Waals surface area contributed by atoms with Crippen LogP contribution in [0.15, 0.2) is 47.1 Å². The van der Waals surface area contributed by atoms with Gasteiger partial charge in [-0.05, 0) is 96.0 Å². The second-order valence-corrected chi connectivity index (χ2v) is 12.4. The van der Waals surface area contributed by atoms with E-state index in [4.69, 9.17) is 4.42 Å². The molecule has 1 saturated heterocycles. The minimum absolute atomic E-state index is 0.0401. The number of likely N-dealkylation sites (tertiary alicyclic amines) is 1. The molecular weight excluding hydrogens is 478 g/mol. The highest BCUT2D eigenvalue weighted by Gasteiger charge is 2.38. The summed E-state index contributed by atoms with van der Waals surface area (Å²) in [6, 6.07) is 11.7. The predicted octanol–water partition coefficient (Wildman–Crippen LogP) is 6.45. The van der Waals surface area contributed by atoms with E-state index in [0.29, 0.717) is 12.2 Å². The van der Waals surface area contributed by atoms with E-state index in [9.17, 15) is 14.8 Å². The molecule has 1 aromatic carbocycles. The van der Waals surface area contributed by atoms with E-state index in [0.717, 1.165) is 80.9 Å². The zero-order chi connectivity index (χ0) is 27.3. The maximum Gasteiger partial charge on any atom is 0.294 e. The first-order valence-corrected chi connectivity index (χ1v) is 14.3. The number of hydrogen-bond donors (Lipinski definition) is 1. The second-order valence-electron chi connectivity index (χ2n) is 12.4. The van der Waals surface area contributed by atoms with Gasteiger partial charge in [-0.1, -0.05) is 37.0 Å². The first kappa shape index (κ1) is 28.4. The van der Waals surface area contributed by atoms with Crippen molar-refractivity contribution in [2.24, 2.45) is 5.41 Å². The molecule has 7 nitrogen and oxygen atoms in total. The first-order valence-electron chi connectivity index (χ1n) is 14.3. The highest BCUT2D eigenvalue weighted by atomic mass is 16.5. The van der Waals surface area contributed by atoms with Crippen LogP contribution in [-0.4, -0.2) is 58.2 Å². The number of rotatable bonds is 8. The fourth-order valence-corrected chi connectivity index (χ4v) is 6.10. The molecular formula is C31H45N3O4. The van der Waals surface area contributed by atoms with Gasteiger partial charge in [-0.2, -0.15) is 0 Å². The number of furan rings is 1. The van der Waals surface area contributed by atoms with Crippen molar-refractivity contribution in [1.29, 1.82) is 0 Å². The zero-order valence-electron chi connectivity index (χ0n) is 23.6. The van der Waals surface area contributed by atoms with Crippen molar-refractivity contribution < 1.29 is 19.2 Å². The van der Waals surface area contributed by atoms with Gasteiger partial charge < -0.3 is 14.2 Å². The fraction of sp³-hybridized carbons (Fsp3) is 0.613. The summed E-state index contributed by atoms with van der Waals surface area (Å²) in [4.78, 5) is 30.8. The lowest BCUT2D eigenvalue weighted by molar-refractivity contribution is -0.190. The number of nitrogens with zero attached hydrogens (tertiary/aromatic N) is 3. The smallest absolute Gasteiger partial charge is 0.294 e. The predicted molar refractivity (Wildman–Crippen MR) is 149 cm³/mol. The molecule has 1 N–H and O–H groups in total. The van der Waals surface area contributed by atoms with Crippen LogP contribution in [0.1, 0.15) is 94.7 Å². The number of amides is 2. The SMILES string of the molecule is Cc1ccc(N(C(=O)c2ccco2)C2CCN(CCC3(CC(=O)N(O)C(C)(C)C)CCCCC3)CC2)cc1. The van der Waals surface area contributed by atoms with Gasteiger partial charge in [0, 0.05) is 31.2 Å². The molecule has 2 amide bonds. The van der Waals surface area contributed by atoms with Gasteiger partial charge >= 0.3 is 0 Å². The van der Waals surface area contributed by atoms with Gasteiger partial charge in [0.05, 0.1) is 11.8 Å². The van der Waals surface area contributed by atoms with Crippen LogP contribution < -0.4 is 4.90 Å². The monoisotopic (exact) mass is 523 g/mol. The minimum atomic E-state index is -0.592. The van der Waals surface area contributed by atoms with Crippen molar-refractivity contribution in [2.75, 3.05) is 24.5 Å². The number of anilines is 1. The Labute approximate surface area is 227 Å². The van der Waals surface area contributed by atoms with Crippen LogP contribution in [0.3, 0.4) is 0 Å². The largest absolute Gasteiger partial charge is 0.459 e. The lowest BCUT2D eigenvalue weighted by atomic mass is 9.69. The Balaban J connectivity index is 1.39. The molecule has 38 heavy (non-hydrogen) atoms. The quantitative estimate of drug-likeness (QED) is 0.318. The van der Waals surface area contributed by atoms with Crippen molar-refractivity contribution >= 4 is 17.5 Å². The molecule has 1 aliphatic heterocycles. The van der Waals surface area contributed by atoms with E-state index < -0.39 is 5.54 Å². The van der Waals surface area contributed by atoms with E-state index >= 15 is 0 Å². The van der Waals surface area contributed by atoms with Gasteiger partial charge in [0.25, 0.3) is 5.91 Å². The minimum Gasteiger partial charge on any atom is -0.459 e. The summed E-state index contributed by atoms with van der Waals surface area (Å²) in [5, 5.41) is 11.4. The van der Waals surface area contributed by atoms with E-state index in [2.05, 4.69) is 11.8 Å². The molecule has 0 radical (unpaired) electrons. The van der Waals surface area contributed by atoms with Crippen LogP contribution >= 0.6 is 0 Å². The van der Waals surface area contributed by atoms with E-state index in [1.54, 1.807) is 18.4 Å². The molecule has 2 heterocycles. The van der Waals surface area contributed by atoms with E-state index in [-0.39, 0.29) is 23.3 Å². The van der Waals surface area contributed by atoms with Crippen molar-refractivity contribution in [3.05, 3.63) is 54.0 Å². The number of hydroxylamine groups is 2. The summed E-state index contributed by atoms with van der Waals surface area (Å²) < 4.78 is 5.47. The molecule has 0 spiro atoms. The van der Waals surface area contributed by atoms with Crippen LogP contribution in [0, 0.1) is 12.3 Å². The molecule has 2 aromatic rings. The van der Waals surface area contributed by atoms with E-state index in [1.807, 2.05) is 49.9 Å². The lowest BCUT2D eigenvalue weighted by Crippen LogP contribution is -2.48. The van der Waals surface area contributed by atoms with Crippen LogP contribution in [0.4, 0.5) is 5.69 Å². The Morgan fingerprint density at radius 2 is 1.71 bits per heavy atom. The molecule has 0 bridgehead atoms. The highest BCUT2D eigenvalue weighted by molar-refractivity contribution is 6.04. The van der Waals surface area contributed by atoms with E-state index in [1.165, 1.54) is 6.42 Å². The van der Waals surface area contributed by atoms with Crippen LogP contribution in [0.2, 0.25) is 0 Å². The third-order valence-electron chi connectivity index (χ3n) is 8.46. The van der Waals surface area contributed by atoms with Crippen molar-refractivity contribution in [3.63, 3.8) is 0 Å². The third-order valence-corrected chi connectivity index (χ3v) is 8.46. The number of hydrogen-bond acceptors (Lipinski definition) is 5. The van der Waals surface area contributed by atoms with Crippen molar-refractivity contribution in [1.82, 2.24) is 9.96 Å². The molecule has 2 aliphatic rings. The highest BCUT2D eigenvalue weighted by Crippen LogP contribution is 2.43.